The highest BCUT2D eigenvalue weighted by Gasteiger charge is 2.25. The van der Waals surface area contributed by atoms with E-state index in [0.29, 0.717) is 25.2 Å². The van der Waals surface area contributed by atoms with Gasteiger partial charge in [0.05, 0.1) is 11.8 Å². The van der Waals surface area contributed by atoms with E-state index in [1.165, 1.54) is 0 Å². The maximum Gasteiger partial charge on any atom is 0.255 e. The third-order valence-corrected chi connectivity index (χ3v) is 4.29. The van der Waals surface area contributed by atoms with Crippen LogP contribution in [0.4, 0.5) is 0 Å². The predicted molar refractivity (Wildman–Crippen MR) is 80.4 cm³/mol. The molecule has 0 aliphatic carbocycles. The Morgan fingerprint density at radius 1 is 1.48 bits per heavy atom. The molecule has 1 aliphatic rings. The molecule has 0 spiro atoms. The second kappa shape index (κ2) is 6.53. The van der Waals surface area contributed by atoms with Gasteiger partial charge in [0.25, 0.3) is 5.91 Å². The molecule has 1 amide bonds. The van der Waals surface area contributed by atoms with Crippen LogP contribution in [0, 0.1) is 12.8 Å². The number of aryl methyl sites for hydroxylation is 1. The first-order valence-electron chi connectivity index (χ1n) is 7.02. The Labute approximate surface area is 125 Å². The Morgan fingerprint density at radius 2 is 2.24 bits per heavy atom. The van der Waals surface area contributed by atoms with Gasteiger partial charge in [-0.2, -0.15) is 0 Å². The molecule has 1 atom stereocenters. The fraction of sp³-hybridized carbons (Fsp3) is 0.571. The monoisotopic (exact) mass is 311 g/mol. The second-order valence-corrected chi connectivity index (χ2v) is 7.40. The summed E-state index contributed by atoms with van der Waals surface area (Å²) in [4.78, 5) is 18.3. The van der Waals surface area contributed by atoms with Gasteiger partial charge in [-0.15, -0.1) is 0 Å². The summed E-state index contributed by atoms with van der Waals surface area (Å²) >= 11 is 0. The molecule has 1 N–H and O–H groups in total. The number of likely N-dealkylation sites (tertiary alicyclic amines) is 1. The van der Waals surface area contributed by atoms with E-state index in [9.17, 15) is 13.2 Å². The maximum atomic E-state index is 12.4. The zero-order valence-corrected chi connectivity index (χ0v) is 13.2. The SMILES string of the molecule is Cc1ccc(C(=O)N2CCC[C@@H](CNS(C)(=O)=O)C2)cn1. The number of pyridine rings is 1. The first-order chi connectivity index (χ1) is 9.85. The minimum atomic E-state index is -3.18. The van der Waals surface area contributed by atoms with Crippen molar-refractivity contribution in [2.75, 3.05) is 25.9 Å². The third-order valence-electron chi connectivity index (χ3n) is 3.60. The first kappa shape index (κ1) is 15.9. The van der Waals surface area contributed by atoms with Crippen molar-refractivity contribution in [3.63, 3.8) is 0 Å². The van der Waals surface area contributed by atoms with Crippen LogP contribution in [0.25, 0.3) is 0 Å². The van der Waals surface area contributed by atoms with E-state index in [1.54, 1.807) is 17.2 Å². The molecule has 1 aliphatic heterocycles. The number of hydrogen-bond acceptors (Lipinski definition) is 4. The molecule has 1 aromatic heterocycles. The van der Waals surface area contributed by atoms with Crippen molar-refractivity contribution < 1.29 is 13.2 Å². The standard InChI is InChI=1S/C14H21N3O3S/c1-11-5-6-13(9-15-11)14(18)17-7-3-4-12(10-17)8-16-21(2,19)20/h5-6,9,12,16H,3-4,7-8,10H2,1-2H3/t12-/m0/s1. The number of nitrogens with zero attached hydrogens (tertiary/aromatic N) is 2. The van der Waals surface area contributed by atoms with Crippen molar-refractivity contribution in [3.8, 4) is 0 Å². The Morgan fingerprint density at radius 3 is 2.86 bits per heavy atom. The Balaban J connectivity index is 1.97. The molecule has 7 heteroatoms. The molecule has 2 heterocycles. The lowest BCUT2D eigenvalue weighted by molar-refractivity contribution is 0.0676. The number of piperidine rings is 1. The van der Waals surface area contributed by atoms with Crippen LogP contribution in [-0.2, 0) is 10.0 Å². The number of rotatable bonds is 4. The Hall–Kier alpha value is -1.47. The van der Waals surface area contributed by atoms with Gasteiger partial charge in [-0.25, -0.2) is 13.1 Å². The fourth-order valence-corrected chi connectivity index (χ4v) is 3.00. The zero-order valence-electron chi connectivity index (χ0n) is 12.4. The molecule has 0 saturated carbocycles. The van der Waals surface area contributed by atoms with Crippen molar-refractivity contribution in [1.82, 2.24) is 14.6 Å². The van der Waals surface area contributed by atoms with Crippen molar-refractivity contribution in [2.45, 2.75) is 19.8 Å². The summed E-state index contributed by atoms with van der Waals surface area (Å²) in [5.41, 5.74) is 1.46. The van der Waals surface area contributed by atoms with Gasteiger partial charge >= 0.3 is 0 Å². The van der Waals surface area contributed by atoms with E-state index in [4.69, 9.17) is 0 Å². The normalized spacial score (nSPS) is 19.5. The van der Waals surface area contributed by atoms with Gasteiger partial charge in [-0.3, -0.25) is 9.78 Å². The summed E-state index contributed by atoms with van der Waals surface area (Å²) in [6.45, 7) is 3.55. The molecule has 0 bridgehead atoms. The molecule has 1 fully saturated rings. The van der Waals surface area contributed by atoms with E-state index in [-0.39, 0.29) is 11.8 Å². The summed E-state index contributed by atoms with van der Waals surface area (Å²) in [6.07, 6.45) is 4.56. The largest absolute Gasteiger partial charge is 0.338 e. The molecular formula is C14H21N3O3S. The number of aromatic nitrogens is 1. The van der Waals surface area contributed by atoms with Gasteiger partial charge in [0.1, 0.15) is 0 Å². The van der Waals surface area contributed by atoms with Crippen LogP contribution < -0.4 is 4.72 Å². The van der Waals surface area contributed by atoms with Crippen molar-refractivity contribution in [2.24, 2.45) is 5.92 Å². The number of sulfonamides is 1. The number of amides is 1. The fourth-order valence-electron chi connectivity index (χ4n) is 2.46. The highest BCUT2D eigenvalue weighted by Crippen LogP contribution is 2.18. The molecular weight excluding hydrogens is 290 g/mol. The van der Waals surface area contributed by atoms with Gasteiger partial charge in [0, 0.05) is 31.5 Å². The first-order valence-corrected chi connectivity index (χ1v) is 8.91. The Bertz CT molecular complexity index is 598. The molecule has 2 rings (SSSR count). The number of nitrogens with one attached hydrogen (secondary N) is 1. The lowest BCUT2D eigenvalue weighted by Gasteiger charge is -2.32. The van der Waals surface area contributed by atoms with E-state index >= 15 is 0 Å². The van der Waals surface area contributed by atoms with Crippen molar-refractivity contribution in [3.05, 3.63) is 29.6 Å². The maximum absolute atomic E-state index is 12.4. The van der Waals surface area contributed by atoms with Crippen LogP contribution >= 0.6 is 0 Å². The van der Waals surface area contributed by atoms with Crippen LogP contribution in [0.1, 0.15) is 28.9 Å². The van der Waals surface area contributed by atoms with Crippen molar-refractivity contribution in [1.29, 1.82) is 0 Å². The van der Waals surface area contributed by atoms with Gasteiger partial charge in [-0.1, -0.05) is 0 Å². The lowest BCUT2D eigenvalue weighted by Crippen LogP contribution is -2.43. The second-order valence-electron chi connectivity index (χ2n) is 5.57. The zero-order chi connectivity index (χ0) is 15.5. The average Bonchev–Trinajstić information content (AvgIpc) is 2.45. The van der Waals surface area contributed by atoms with E-state index in [2.05, 4.69) is 9.71 Å². The van der Waals surface area contributed by atoms with Gasteiger partial charge < -0.3 is 4.90 Å². The van der Waals surface area contributed by atoms with E-state index < -0.39 is 10.0 Å². The van der Waals surface area contributed by atoms with Gasteiger partial charge in [0.15, 0.2) is 0 Å². The quantitative estimate of drug-likeness (QED) is 0.891. The highest BCUT2D eigenvalue weighted by atomic mass is 32.2. The van der Waals surface area contributed by atoms with Gasteiger partial charge in [-0.05, 0) is 37.8 Å². The van der Waals surface area contributed by atoms with Crippen LogP contribution in [0.2, 0.25) is 0 Å². The highest BCUT2D eigenvalue weighted by molar-refractivity contribution is 7.88. The number of carbonyl (C=O) groups is 1. The molecule has 21 heavy (non-hydrogen) atoms. The average molecular weight is 311 g/mol. The minimum Gasteiger partial charge on any atom is -0.338 e. The van der Waals surface area contributed by atoms with Crippen LogP contribution in [0.15, 0.2) is 18.3 Å². The summed E-state index contributed by atoms with van der Waals surface area (Å²) in [7, 11) is -3.18. The van der Waals surface area contributed by atoms with E-state index in [0.717, 1.165) is 24.8 Å². The third kappa shape index (κ3) is 4.78. The molecule has 6 nitrogen and oxygen atoms in total. The molecule has 0 aromatic carbocycles. The van der Waals surface area contributed by atoms with Crippen LogP contribution in [0.5, 0.6) is 0 Å². The molecule has 116 valence electrons. The van der Waals surface area contributed by atoms with Crippen LogP contribution in [0.3, 0.4) is 0 Å². The summed E-state index contributed by atoms with van der Waals surface area (Å²) in [5, 5.41) is 0. The minimum absolute atomic E-state index is 0.0356. The predicted octanol–water partition coefficient (Wildman–Crippen LogP) is 0.791. The lowest BCUT2D eigenvalue weighted by atomic mass is 9.98. The number of hydrogen-bond donors (Lipinski definition) is 1. The number of carbonyl (C=O) groups excluding carboxylic acids is 1. The Kier molecular flexibility index (Phi) is 4.95. The molecule has 0 unspecified atom stereocenters. The van der Waals surface area contributed by atoms with E-state index in [1.807, 2.05) is 13.0 Å². The van der Waals surface area contributed by atoms with Crippen molar-refractivity contribution >= 4 is 15.9 Å². The molecule has 1 saturated heterocycles. The van der Waals surface area contributed by atoms with Crippen LogP contribution in [-0.4, -0.2) is 50.1 Å². The summed E-state index contributed by atoms with van der Waals surface area (Å²) in [5.74, 6) is 0.127. The summed E-state index contributed by atoms with van der Waals surface area (Å²) < 4.78 is 24.8. The smallest absolute Gasteiger partial charge is 0.255 e. The van der Waals surface area contributed by atoms with Gasteiger partial charge in [0.2, 0.25) is 10.0 Å². The topological polar surface area (TPSA) is 79.4 Å². The summed E-state index contributed by atoms with van der Waals surface area (Å²) in [6, 6.07) is 3.60. The molecule has 0 radical (unpaired) electrons. The molecule has 1 aromatic rings.